The molecule has 0 aromatic heterocycles. The van der Waals surface area contributed by atoms with E-state index in [0.29, 0.717) is 11.8 Å². The smallest absolute Gasteiger partial charge is 0.314 e. The Morgan fingerprint density at radius 1 is 1.64 bits per heavy atom. The van der Waals surface area contributed by atoms with Crippen LogP contribution in [0.1, 0.15) is 0 Å². The molecule has 8 heteroatoms. The molecule has 0 bridgehead atoms. The standard InChI is InChI=1S/C3H7N3O3S2/c4-3(11(7,8)9)6(5)1-2-10-3/h1-2H,4-5H2,(H,7,8,9). The Bertz CT molecular complexity index is 286. The van der Waals surface area contributed by atoms with E-state index in [1.807, 2.05) is 0 Å². The molecule has 2 unspecified atom stereocenters. The predicted octanol–water partition coefficient (Wildman–Crippen LogP) is -2.92. The summed E-state index contributed by atoms with van der Waals surface area (Å²) >= 11 is 0.694. The van der Waals surface area contributed by atoms with Crippen LogP contribution < -0.4 is 16.6 Å². The number of thioether (sulfide) groups is 1. The molecule has 11 heavy (non-hydrogen) atoms. The van der Waals surface area contributed by atoms with Gasteiger partial charge in [-0.2, -0.15) is 10.9 Å². The second-order valence-electron chi connectivity index (χ2n) is 2.00. The summed E-state index contributed by atoms with van der Waals surface area (Å²) in [6.45, 7) is 0. The lowest BCUT2D eigenvalue weighted by molar-refractivity contribution is -0.879. The zero-order chi connectivity index (χ0) is 8.70. The van der Waals surface area contributed by atoms with Gasteiger partial charge >= 0.3 is 4.33 Å². The molecule has 0 radical (unpaired) electrons. The molecule has 0 fully saturated rings. The van der Waals surface area contributed by atoms with Crippen LogP contribution in [0.4, 0.5) is 0 Å². The van der Waals surface area contributed by atoms with E-state index in [1.165, 1.54) is 11.6 Å². The fraction of sp³-hybridized carbons (Fsp3) is 0.333. The normalized spacial score (nSPS) is 37.9. The molecule has 1 heterocycles. The average Bonchev–Trinajstić information content (AvgIpc) is 2.12. The van der Waals surface area contributed by atoms with Crippen molar-refractivity contribution in [3.8, 4) is 0 Å². The zero-order valence-corrected chi connectivity index (χ0v) is 6.98. The Morgan fingerprint density at radius 3 is 2.36 bits per heavy atom. The van der Waals surface area contributed by atoms with Crippen molar-refractivity contribution >= 4 is 21.9 Å². The topological polar surface area (TPSA) is 114 Å². The van der Waals surface area contributed by atoms with Crippen molar-refractivity contribution in [2.45, 2.75) is 4.33 Å². The first-order chi connectivity index (χ1) is 4.88. The lowest BCUT2D eigenvalue weighted by Crippen LogP contribution is -3.22. The van der Waals surface area contributed by atoms with Crippen LogP contribution in [0, 0.1) is 0 Å². The Balaban J connectivity index is 3.04. The summed E-state index contributed by atoms with van der Waals surface area (Å²) < 4.78 is 29.6. The number of nitrogens with two attached hydrogens (primary N) is 2. The van der Waals surface area contributed by atoms with Crippen LogP contribution in [-0.2, 0) is 10.1 Å². The third kappa shape index (κ3) is 1.28. The van der Waals surface area contributed by atoms with E-state index in [4.69, 9.17) is 11.6 Å². The van der Waals surface area contributed by atoms with Gasteiger partial charge in [-0.05, 0) is 11.8 Å². The number of nitrogens with one attached hydrogen (secondary N) is 1. The number of hydrogen-bond donors (Lipinski definition) is 3. The summed E-state index contributed by atoms with van der Waals surface area (Å²) in [5, 5.41) is 1.25. The van der Waals surface area contributed by atoms with E-state index in [2.05, 4.69) is 0 Å². The minimum Gasteiger partial charge on any atom is -0.741 e. The van der Waals surface area contributed by atoms with Crippen molar-refractivity contribution in [2.24, 2.45) is 11.6 Å². The van der Waals surface area contributed by atoms with Crippen molar-refractivity contribution < 1.29 is 18.0 Å². The maximum Gasteiger partial charge on any atom is 0.314 e. The van der Waals surface area contributed by atoms with E-state index in [1.54, 1.807) is 0 Å². The van der Waals surface area contributed by atoms with E-state index in [9.17, 15) is 13.0 Å². The Kier molecular flexibility index (Phi) is 1.99. The summed E-state index contributed by atoms with van der Waals surface area (Å²) in [4.78, 5) is 0. The van der Waals surface area contributed by atoms with Crippen LogP contribution in [0.2, 0.25) is 0 Å². The molecule has 5 N–H and O–H groups in total. The highest BCUT2D eigenvalue weighted by atomic mass is 32.3. The molecule has 0 aromatic rings. The Morgan fingerprint density at radius 2 is 2.18 bits per heavy atom. The third-order valence-electron chi connectivity index (χ3n) is 1.26. The van der Waals surface area contributed by atoms with E-state index >= 15 is 0 Å². The molecular formula is C3H7N3O3S2. The van der Waals surface area contributed by atoms with Gasteiger partial charge in [0.1, 0.15) is 6.20 Å². The first kappa shape index (κ1) is 8.97. The molecule has 1 aliphatic rings. The maximum atomic E-state index is 10.5. The van der Waals surface area contributed by atoms with Crippen LogP contribution in [0.25, 0.3) is 0 Å². The van der Waals surface area contributed by atoms with Gasteiger partial charge in [-0.15, -0.1) is 0 Å². The lowest BCUT2D eigenvalue weighted by Gasteiger charge is -2.27. The molecule has 2 atom stereocenters. The molecule has 0 saturated carbocycles. The molecule has 0 saturated heterocycles. The van der Waals surface area contributed by atoms with Crippen molar-refractivity contribution in [1.82, 2.24) is 0 Å². The molecule has 6 nitrogen and oxygen atoms in total. The van der Waals surface area contributed by atoms with Gasteiger partial charge in [0, 0.05) is 5.41 Å². The van der Waals surface area contributed by atoms with Gasteiger partial charge < -0.3 is 4.55 Å². The monoisotopic (exact) mass is 197 g/mol. The highest BCUT2D eigenvalue weighted by Crippen LogP contribution is 2.22. The van der Waals surface area contributed by atoms with Crippen molar-refractivity contribution in [2.75, 3.05) is 0 Å². The highest BCUT2D eigenvalue weighted by Gasteiger charge is 2.45. The van der Waals surface area contributed by atoms with Gasteiger partial charge in [0.2, 0.25) is 0 Å². The summed E-state index contributed by atoms with van der Waals surface area (Å²) in [6.07, 6.45) is 1.31. The number of quaternary nitrogens is 1. The summed E-state index contributed by atoms with van der Waals surface area (Å²) in [5.74, 6) is 5.20. The molecule has 0 aromatic carbocycles. The number of hydrogen-bond acceptors (Lipinski definition) is 6. The molecule has 0 spiro atoms. The minimum atomic E-state index is -4.59. The summed E-state index contributed by atoms with van der Waals surface area (Å²) in [6, 6.07) is 0. The minimum absolute atomic E-state index is 0.127. The quantitative estimate of drug-likeness (QED) is 0.306. The first-order valence-electron chi connectivity index (χ1n) is 2.59. The molecule has 1 rings (SSSR count). The maximum absolute atomic E-state index is 10.5. The lowest BCUT2D eigenvalue weighted by atomic mass is 10.9. The Labute approximate surface area is 67.9 Å². The first-order valence-corrected chi connectivity index (χ1v) is 4.88. The van der Waals surface area contributed by atoms with E-state index in [0.717, 1.165) is 0 Å². The zero-order valence-electron chi connectivity index (χ0n) is 5.35. The van der Waals surface area contributed by atoms with Crippen molar-refractivity contribution in [1.29, 1.82) is 0 Å². The molecular weight excluding hydrogens is 190 g/mol. The number of rotatable bonds is 1. The van der Waals surface area contributed by atoms with Crippen LogP contribution in [-0.4, -0.2) is 17.3 Å². The van der Waals surface area contributed by atoms with E-state index < -0.39 is 14.4 Å². The van der Waals surface area contributed by atoms with Crippen LogP contribution in [0.15, 0.2) is 11.6 Å². The highest BCUT2D eigenvalue weighted by molar-refractivity contribution is 8.14. The van der Waals surface area contributed by atoms with Crippen LogP contribution >= 0.6 is 11.8 Å². The molecule has 0 amide bonds. The van der Waals surface area contributed by atoms with Crippen molar-refractivity contribution in [3.63, 3.8) is 0 Å². The van der Waals surface area contributed by atoms with Gasteiger partial charge in [0.05, 0.1) is 0 Å². The second kappa shape index (κ2) is 2.44. The van der Waals surface area contributed by atoms with Gasteiger partial charge in [-0.25, -0.2) is 8.42 Å². The largest absolute Gasteiger partial charge is 0.741 e. The predicted molar refractivity (Wildman–Crippen MR) is 38.5 cm³/mol. The third-order valence-corrected chi connectivity index (χ3v) is 4.00. The fourth-order valence-electron chi connectivity index (χ4n) is 0.596. The van der Waals surface area contributed by atoms with Crippen molar-refractivity contribution in [3.05, 3.63) is 11.6 Å². The molecule has 1 aliphatic heterocycles. The van der Waals surface area contributed by atoms with Gasteiger partial charge in [-0.3, -0.25) is 5.73 Å². The summed E-state index contributed by atoms with van der Waals surface area (Å²) in [7, 11) is -4.59. The SMILES string of the molecule is N[NH+]1C=CSC1(N)S(=O)(=O)[O-]. The second-order valence-corrected chi connectivity index (χ2v) is 4.96. The van der Waals surface area contributed by atoms with Gasteiger partial charge in [-0.1, -0.05) is 0 Å². The van der Waals surface area contributed by atoms with E-state index in [-0.39, 0.29) is 5.01 Å². The van der Waals surface area contributed by atoms with Gasteiger partial charge in [0.15, 0.2) is 10.1 Å². The average molecular weight is 197 g/mol. The fourth-order valence-corrected chi connectivity index (χ4v) is 2.21. The van der Waals surface area contributed by atoms with Gasteiger partial charge in [0.25, 0.3) is 0 Å². The van der Waals surface area contributed by atoms with Crippen LogP contribution in [0.5, 0.6) is 0 Å². The summed E-state index contributed by atoms with van der Waals surface area (Å²) in [5.41, 5.74) is 5.22. The Hall–Kier alpha value is -0.120. The van der Waals surface area contributed by atoms with Crippen LogP contribution in [0.3, 0.4) is 0 Å². The molecule has 64 valence electrons. The molecule has 0 aliphatic carbocycles.